The van der Waals surface area contributed by atoms with Gasteiger partial charge in [-0.25, -0.2) is 9.18 Å². The van der Waals surface area contributed by atoms with Crippen molar-refractivity contribution in [3.05, 3.63) is 59.9 Å². The number of para-hydroxylation sites is 1. The van der Waals surface area contributed by atoms with Gasteiger partial charge in [0.1, 0.15) is 19.0 Å². The lowest BCUT2D eigenvalue weighted by atomic mass is 10.2. The Bertz CT molecular complexity index is 725. The molecule has 2 aromatic rings. The van der Waals surface area contributed by atoms with Gasteiger partial charge in [-0.1, -0.05) is 12.1 Å². The summed E-state index contributed by atoms with van der Waals surface area (Å²) in [6, 6.07) is 14.4. The van der Waals surface area contributed by atoms with Gasteiger partial charge in [-0.2, -0.15) is 5.26 Å². The summed E-state index contributed by atoms with van der Waals surface area (Å²) in [7, 11) is 0. The van der Waals surface area contributed by atoms with E-state index in [0.717, 1.165) is 0 Å². The van der Waals surface area contributed by atoms with E-state index in [0.29, 0.717) is 11.3 Å². The van der Waals surface area contributed by atoms with Crippen LogP contribution >= 0.6 is 0 Å². The Morgan fingerprint density at radius 2 is 1.88 bits per heavy atom. The lowest BCUT2D eigenvalue weighted by molar-refractivity contribution is -0.151. The van der Waals surface area contributed by atoms with Crippen LogP contribution < -0.4 is 9.47 Å². The SMILES string of the molecule is C[C@@H](Oc1ccc(C#N)cc1)C(=O)OCCOc1ccccc1F. The van der Waals surface area contributed by atoms with Crippen LogP contribution in [0.2, 0.25) is 0 Å². The monoisotopic (exact) mass is 329 g/mol. The second kappa shape index (κ2) is 8.53. The molecular formula is C18H16FNO4. The zero-order chi connectivity index (χ0) is 17.4. The van der Waals surface area contributed by atoms with Crippen LogP contribution in [0, 0.1) is 17.1 Å². The van der Waals surface area contributed by atoms with Gasteiger partial charge in [-0.15, -0.1) is 0 Å². The Balaban J connectivity index is 1.73. The van der Waals surface area contributed by atoms with Crippen molar-refractivity contribution in [2.24, 2.45) is 0 Å². The molecular weight excluding hydrogens is 313 g/mol. The molecule has 0 aromatic heterocycles. The smallest absolute Gasteiger partial charge is 0.347 e. The molecule has 6 heteroatoms. The van der Waals surface area contributed by atoms with Crippen LogP contribution in [0.3, 0.4) is 0 Å². The number of hydrogen-bond acceptors (Lipinski definition) is 5. The predicted molar refractivity (Wildman–Crippen MR) is 84.1 cm³/mol. The molecule has 0 aliphatic heterocycles. The number of benzene rings is 2. The minimum Gasteiger partial charge on any atom is -0.487 e. The van der Waals surface area contributed by atoms with Gasteiger partial charge in [-0.05, 0) is 43.3 Å². The number of hydrogen-bond donors (Lipinski definition) is 0. The van der Waals surface area contributed by atoms with Crippen LogP contribution in [-0.4, -0.2) is 25.3 Å². The van der Waals surface area contributed by atoms with Crippen LogP contribution in [0.5, 0.6) is 11.5 Å². The van der Waals surface area contributed by atoms with E-state index >= 15 is 0 Å². The third-order valence-corrected chi connectivity index (χ3v) is 3.05. The maximum atomic E-state index is 13.3. The van der Waals surface area contributed by atoms with E-state index in [-0.39, 0.29) is 19.0 Å². The fourth-order valence-electron chi connectivity index (χ4n) is 1.83. The summed E-state index contributed by atoms with van der Waals surface area (Å²) in [5.74, 6) is -0.464. The molecule has 0 heterocycles. The Kier molecular flexibility index (Phi) is 6.15. The van der Waals surface area contributed by atoms with Crippen LogP contribution in [0.15, 0.2) is 48.5 Å². The first-order valence-corrected chi connectivity index (χ1v) is 7.31. The zero-order valence-electron chi connectivity index (χ0n) is 13.1. The fraction of sp³-hybridized carbons (Fsp3) is 0.222. The van der Waals surface area contributed by atoms with E-state index in [2.05, 4.69) is 0 Å². The molecule has 124 valence electrons. The quantitative estimate of drug-likeness (QED) is 0.577. The molecule has 0 spiro atoms. The zero-order valence-corrected chi connectivity index (χ0v) is 13.1. The molecule has 0 radical (unpaired) electrons. The first kappa shape index (κ1) is 17.3. The molecule has 2 rings (SSSR count). The van der Waals surface area contributed by atoms with Crippen molar-refractivity contribution < 1.29 is 23.4 Å². The Morgan fingerprint density at radius 1 is 1.17 bits per heavy atom. The number of ether oxygens (including phenoxy) is 3. The highest BCUT2D eigenvalue weighted by Crippen LogP contribution is 2.15. The van der Waals surface area contributed by atoms with Crippen LogP contribution in [-0.2, 0) is 9.53 Å². The third-order valence-electron chi connectivity index (χ3n) is 3.05. The number of carbonyl (C=O) groups excluding carboxylic acids is 1. The molecule has 0 unspecified atom stereocenters. The van der Waals surface area contributed by atoms with Gasteiger partial charge in [0.2, 0.25) is 0 Å². The molecule has 0 bridgehead atoms. The number of halogens is 1. The number of nitrogens with zero attached hydrogens (tertiary/aromatic N) is 1. The van der Waals surface area contributed by atoms with Gasteiger partial charge in [0, 0.05) is 0 Å². The van der Waals surface area contributed by atoms with Gasteiger partial charge >= 0.3 is 5.97 Å². The normalized spacial score (nSPS) is 11.2. The summed E-state index contributed by atoms with van der Waals surface area (Å²) >= 11 is 0. The highest BCUT2D eigenvalue weighted by atomic mass is 19.1. The molecule has 5 nitrogen and oxygen atoms in total. The van der Waals surface area contributed by atoms with Gasteiger partial charge in [0.05, 0.1) is 11.6 Å². The summed E-state index contributed by atoms with van der Waals surface area (Å²) < 4.78 is 29.0. The third kappa shape index (κ3) is 4.99. The Labute approximate surface area is 139 Å². The van der Waals surface area contributed by atoms with E-state index in [9.17, 15) is 9.18 Å². The van der Waals surface area contributed by atoms with Crippen LogP contribution in [0.1, 0.15) is 12.5 Å². The molecule has 0 saturated carbocycles. The number of esters is 1. The van der Waals surface area contributed by atoms with Crippen molar-refractivity contribution in [1.82, 2.24) is 0 Å². The minimum absolute atomic E-state index is 0.0196. The molecule has 0 aliphatic rings. The van der Waals surface area contributed by atoms with Gasteiger partial charge < -0.3 is 14.2 Å². The van der Waals surface area contributed by atoms with Crippen LogP contribution in [0.4, 0.5) is 4.39 Å². The van der Waals surface area contributed by atoms with Crippen LogP contribution in [0.25, 0.3) is 0 Å². The molecule has 0 N–H and O–H groups in total. The van der Waals surface area contributed by atoms with Gasteiger partial charge in [0.15, 0.2) is 17.7 Å². The van der Waals surface area contributed by atoms with Crippen molar-refractivity contribution in [3.8, 4) is 17.6 Å². The molecule has 24 heavy (non-hydrogen) atoms. The number of rotatable bonds is 7. The van der Waals surface area contributed by atoms with E-state index in [1.54, 1.807) is 43.3 Å². The maximum Gasteiger partial charge on any atom is 0.347 e. The van der Waals surface area contributed by atoms with E-state index < -0.39 is 17.9 Å². The molecule has 2 aromatic carbocycles. The molecule has 0 amide bonds. The highest BCUT2D eigenvalue weighted by Gasteiger charge is 2.16. The second-order valence-electron chi connectivity index (χ2n) is 4.84. The summed E-state index contributed by atoms with van der Waals surface area (Å²) in [4.78, 5) is 11.8. The number of carbonyl (C=O) groups is 1. The summed E-state index contributed by atoms with van der Waals surface area (Å²) in [6.07, 6.45) is -0.814. The largest absolute Gasteiger partial charge is 0.487 e. The fourth-order valence-corrected chi connectivity index (χ4v) is 1.83. The Hall–Kier alpha value is -3.07. The van der Waals surface area contributed by atoms with E-state index in [1.807, 2.05) is 6.07 Å². The lowest BCUT2D eigenvalue weighted by Crippen LogP contribution is -2.27. The summed E-state index contributed by atoms with van der Waals surface area (Å²) in [5, 5.41) is 8.72. The molecule has 1 atom stereocenters. The first-order valence-electron chi connectivity index (χ1n) is 7.31. The van der Waals surface area contributed by atoms with Crippen molar-refractivity contribution in [3.63, 3.8) is 0 Å². The van der Waals surface area contributed by atoms with Crippen molar-refractivity contribution in [2.75, 3.05) is 13.2 Å². The van der Waals surface area contributed by atoms with Gasteiger partial charge in [0.25, 0.3) is 0 Å². The molecule has 0 aliphatic carbocycles. The second-order valence-corrected chi connectivity index (χ2v) is 4.84. The van der Waals surface area contributed by atoms with E-state index in [4.69, 9.17) is 19.5 Å². The Morgan fingerprint density at radius 3 is 2.54 bits per heavy atom. The highest BCUT2D eigenvalue weighted by molar-refractivity contribution is 5.74. The topological polar surface area (TPSA) is 68.5 Å². The minimum atomic E-state index is -0.814. The molecule has 0 saturated heterocycles. The summed E-state index contributed by atoms with van der Waals surface area (Å²) in [5.41, 5.74) is 0.503. The van der Waals surface area contributed by atoms with Crippen molar-refractivity contribution in [1.29, 1.82) is 5.26 Å². The summed E-state index contributed by atoms with van der Waals surface area (Å²) in [6.45, 7) is 1.57. The van der Waals surface area contributed by atoms with Crippen molar-refractivity contribution in [2.45, 2.75) is 13.0 Å². The predicted octanol–water partition coefficient (Wildman–Crippen LogP) is 3.09. The van der Waals surface area contributed by atoms with E-state index in [1.165, 1.54) is 12.1 Å². The van der Waals surface area contributed by atoms with Crippen molar-refractivity contribution >= 4 is 5.97 Å². The average Bonchev–Trinajstić information content (AvgIpc) is 2.60. The maximum absolute atomic E-state index is 13.3. The average molecular weight is 329 g/mol. The van der Waals surface area contributed by atoms with Gasteiger partial charge in [-0.3, -0.25) is 0 Å². The molecule has 0 fully saturated rings. The number of nitriles is 1. The standard InChI is InChI=1S/C18H16FNO4/c1-13(24-15-8-6-14(12-20)7-9-15)18(21)23-11-10-22-17-5-3-2-4-16(17)19/h2-9,13H,10-11H2,1H3/t13-/m1/s1. The first-order chi connectivity index (χ1) is 11.6. The lowest BCUT2D eigenvalue weighted by Gasteiger charge is -2.14.